The Morgan fingerprint density at radius 2 is 1.81 bits per heavy atom. The summed E-state index contributed by atoms with van der Waals surface area (Å²) in [6, 6.07) is 13.6. The Kier molecular flexibility index (Phi) is 2.59. The molecule has 2 aromatic rings. The molecule has 1 N–H and O–H groups in total. The zero-order chi connectivity index (χ0) is 14.4. The quantitative estimate of drug-likeness (QED) is 0.803. The van der Waals surface area contributed by atoms with Crippen LogP contribution < -0.4 is 5.32 Å². The van der Waals surface area contributed by atoms with Crippen molar-refractivity contribution in [1.29, 1.82) is 0 Å². The van der Waals surface area contributed by atoms with Crippen LogP contribution in [0.3, 0.4) is 0 Å². The predicted molar refractivity (Wildman–Crippen MR) is 82.1 cm³/mol. The Hall–Kier alpha value is -2.26. The molecule has 4 heteroatoms. The molecule has 1 fully saturated rings. The summed E-state index contributed by atoms with van der Waals surface area (Å²) in [4.78, 5) is 11.7. The standard InChI is InChI=1S/C17H12ClNO2/c18-13-8-7-12-6-5-11-3-1-2-4-14(11)17(15(12)9-13)10-19-16(20)21-17/h1-9H,10H2,(H,19,20). The number of fused-ring (bicyclic) bond motifs is 4. The molecule has 1 atom stereocenters. The van der Waals surface area contributed by atoms with Crippen LogP contribution in [0.2, 0.25) is 5.02 Å². The molecule has 1 aliphatic carbocycles. The van der Waals surface area contributed by atoms with Gasteiger partial charge in [0.1, 0.15) is 0 Å². The van der Waals surface area contributed by atoms with E-state index in [9.17, 15) is 4.79 Å². The summed E-state index contributed by atoms with van der Waals surface area (Å²) in [5.74, 6) is 0. The van der Waals surface area contributed by atoms with Crippen molar-refractivity contribution in [3.63, 3.8) is 0 Å². The average molecular weight is 298 g/mol. The number of halogens is 1. The van der Waals surface area contributed by atoms with Crippen LogP contribution >= 0.6 is 11.6 Å². The largest absolute Gasteiger partial charge is 0.431 e. The van der Waals surface area contributed by atoms with Crippen molar-refractivity contribution in [2.75, 3.05) is 6.54 Å². The smallest absolute Gasteiger partial charge is 0.408 e. The predicted octanol–water partition coefficient (Wildman–Crippen LogP) is 3.81. The van der Waals surface area contributed by atoms with Crippen LogP contribution in [-0.2, 0) is 10.3 Å². The Balaban J connectivity index is 2.06. The molecule has 104 valence electrons. The zero-order valence-corrected chi connectivity index (χ0v) is 11.9. The molecule has 2 aliphatic rings. The Labute approximate surface area is 127 Å². The van der Waals surface area contributed by atoms with Gasteiger partial charge in [0.25, 0.3) is 0 Å². The molecule has 0 radical (unpaired) electrons. The first-order chi connectivity index (χ1) is 10.2. The molecule has 0 saturated carbocycles. The minimum absolute atomic E-state index is 0.401. The van der Waals surface area contributed by atoms with E-state index in [0.717, 1.165) is 22.3 Å². The summed E-state index contributed by atoms with van der Waals surface area (Å²) in [6.45, 7) is 0.401. The lowest BCUT2D eigenvalue weighted by Gasteiger charge is -2.29. The number of alkyl carbamates (subject to hydrolysis) is 1. The van der Waals surface area contributed by atoms with Crippen molar-refractivity contribution >= 4 is 29.8 Å². The number of hydrogen-bond donors (Lipinski definition) is 1. The topological polar surface area (TPSA) is 38.3 Å². The molecule has 0 aromatic heterocycles. The summed E-state index contributed by atoms with van der Waals surface area (Å²) in [5.41, 5.74) is 3.11. The maximum atomic E-state index is 11.7. The van der Waals surface area contributed by atoms with E-state index in [2.05, 4.69) is 5.32 Å². The molecule has 2 aromatic carbocycles. The lowest BCUT2D eigenvalue weighted by molar-refractivity contribution is 0.0869. The van der Waals surface area contributed by atoms with Crippen molar-refractivity contribution in [3.05, 3.63) is 69.7 Å². The lowest BCUT2D eigenvalue weighted by Crippen LogP contribution is -2.33. The lowest BCUT2D eigenvalue weighted by atomic mass is 9.83. The van der Waals surface area contributed by atoms with Gasteiger partial charge in [-0.05, 0) is 23.3 Å². The van der Waals surface area contributed by atoms with Gasteiger partial charge in [-0.2, -0.15) is 0 Å². The Bertz CT molecular complexity index is 784. The average Bonchev–Trinajstić information content (AvgIpc) is 2.83. The summed E-state index contributed by atoms with van der Waals surface area (Å²) >= 11 is 6.17. The fourth-order valence-electron chi connectivity index (χ4n) is 3.09. The second-order valence-corrected chi connectivity index (χ2v) is 5.66. The van der Waals surface area contributed by atoms with Crippen molar-refractivity contribution in [2.45, 2.75) is 5.60 Å². The van der Waals surface area contributed by atoms with Gasteiger partial charge in [-0.3, -0.25) is 0 Å². The van der Waals surface area contributed by atoms with Crippen molar-refractivity contribution < 1.29 is 9.53 Å². The summed E-state index contributed by atoms with van der Waals surface area (Å²) < 4.78 is 5.73. The third kappa shape index (κ3) is 1.78. The number of nitrogens with one attached hydrogen (secondary N) is 1. The molecule has 1 heterocycles. The SMILES string of the molecule is O=C1NCC2(O1)c1ccccc1C=Cc1ccc(Cl)cc12. The molecule has 1 unspecified atom stereocenters. The van der Waals surface area contributed by atoms with Gasteiger partial charge >= 0.3 is 6.09 Å². The number of hydrogen-bond acceptors (Lipinski definition) is 2. The highest BCUT2D eigenvalue weighted by Gasteiger charge is 2.46. The summed E-state index contributed by atoms with van der Waals surface area (Å²) in [7, 11) is 0. The van der Waals surface area contributed by atoms with Gasteiger partial charge in [-0.25, -0.2) is 4.79 Å². The van der Waals surface area contributed by atoms with Gasteiger partial charge in [0.2, 0.25) is 0 Å². The van der Waals surface area contributed by atoms with Gasteiger partial charge in [-0.1, -0.05) is 54.1 Å². The van der Waals surface area contributed by atoms with E-state index in [4.69, 9.17) is 16.3 Å². The third-order valence-corrected chi connectivity index (χ3v) is 4.27. The highest BCUT2D eigenvalue weighted by atomic mass is 35.5. The molecule has 1 amide bonds. The highest BCUT2D eigenvalue weighted by Crippen LogP contribution is 2.43. The monoisotopic (exact) mass is 297 g/mol. The van der Waals surface area contributed by atoms with Crippen LogP contribution in [0.15, 0.2) is 42.5 Å². The van der Waals surface area contributed by atoms with E-state index in [1.54, 1.807) is 0 Å². The molecule has 3 nitrogen and oxygen atoms in total. The van der Waals surface area contributed by atoms with Gasteiger partial charge in [0.15, 0.2) is 5.60 Å². The number of amides is 1. The molecule has 1 aliphatic heterocycles. The van der Waals surface area contributed by atoms with E-state index in [1.165, 1.54) is 0 Å². The molecule has 1 spiro atoms. The van der Waals surface area contributed by atoms with Crippen LogP contribution in [0.1, 0.15) is 22.3 Å². The number of rotatable bonds is 0. The molecule has 4 rings (SSSR count). The first-order valence-corrected chi connectivity index (χ1v) is 7.11. The highest BCUT2D eigenvalue weighted by molar-refractivity contribution is 6.30. The fourth-order valence-corrected chi connectivity index (χ4v) is 3.26. The van der Waals surface area contributed by atoms with E-state index >= 15 is 0 Å². The second kappa shape index (κ2) is 4.37. The molecular formula is C17H12ClNO2. The van der Waals surface area contributed by atoms with E-state index < -0.39 is 11.7 Å². The molecule has 0 bridgehead atoms. The Morgan fingerprint density at radius 1 is 1.05 bits per heavy atom. The first-order valence-electron chi connectivity index (χ1n) is 6.73. The second-order valence-electron chi connectivity index (χ2n) is 5.22. The van der Waals surface area contributed by atoms with Crippen LogP contribution in [-0.4, -0.2) is 12.6 Å². The van der Waals surface area contributed by atoms with Gasteiger partial charge in [0.05, 0.1) is 6.54 Å². The summed E-state index contributed by atoms with van der Waals surface area (Å²) in [5, 5.41) is 3.41. The van der Waals surface area contributed by atoms with Crippen LogP contribution in [0.5, 0.6) is 0 Å². The van der Waals surface area contributed by atoms with Crippen molar-refractivity contribution in [1.82, 2.24) is 5.32 Å². The summed E-state index contributed by atoms with van der Waals surface area (Å²) in [6.07, 6.45) is 3.67. The van der Waals surface area contributed by atoms with Crippen molar-refractivity contribution in [2.24, 2.45) is 0 Å². The minimum Gasteiger partial charge on any atom is -0.431 e. The fraction of sp³-hybridized carbons (Fsp3) is 0.118. The van der Waals surface area contributed by atoms with E-state index in [0.29, 0.717) is 11.6 Å². The van der Waals surface area contributed by atoms with Gasteiger partial charge in [-0.15, -0.1) is 0 Å². The number of carbonyl (C=O) groups is 1. The minimum atomic E-state index is -0.822. The van der Waals surface area contributed by atoms with Crippen LogP contribution in [0.4, 0.5) is 4.79 Å². The zero-order valence-electron chi connectivity index (χ0n) is 11.1. The van der Waals surface area contributed by atoms with E-state index in [1.807, 2.05) is 54.6 Å². The van der Waals surface area contributed by atoms with Gasteiger partial charge < -0.3 is 10.1 Å². The first kappa shape index (κ1) is 12.5. The molecular weight excluding hydrogens is 286 g/mol. The van der Waals surface area contributed by atoms with E-state index in [-0.39, 0.29) is 0 Å². The molecule has 1 saturated heterocycles. The third-order valence-electron chi connectivity index (χ3n) is 4.04. The number of ether oxygens (including phenoxy) is 1. The van der Waals surface area contributed by atoms with Gasteiger partial charge in [0, 0.05) is 16.1 Å². The molecule has 21 heavy (non-hydrogen) atoms. The maximum Gasteiger partial charge on any atom is 0.408 e. The number of benzene rings is 2. The maximum absolute atomic E-state index is 11.7. The van der Waals surface area contributed by atoms with Crippen LogP contribution in [0.25, 0.3) is 12.2 Å². The number of carbonyl (C=O) groups excluding carboxylic acids is 1. The van der Waals surface area contributed by atoms with Crippen LogP contribution in [0, 0.1) is 0 Å². The van der Waals surface area contributed by atoms with Crippen molar-refractivity contribution in [3.8, 4) is 0 Å². The normalized spacial score (nSPS) is 22.2. The Morgan fingerprint density at radius 3 is 2.57 bits per heavy atom.